The van der Waals surface area contributed by atoms with Gasteiger partial charge in [0.2, 0.25) is 0 Å². The predicted octanol–water partition coefficient (Wildman–Crippen LogP) is 8.10. The molecule has 156 valence electrons. The summed E-state index contributed by atoms with van der Waals surface area (Å²) >= 11 is 0. The lowest BCUT2D eigenvalue weighted by Gasteiger charge is -2.23. The zero-order chi connectivity index (χ0) is 19.3. The van der Waals surface area contributed by atoms with E-state index in [2.05, 4.69) is 27.0 Å². The van der Waals surface area contributed by atoms with Crippen LogP contribution in [0.15, 0.2) is 12.3 Å². The predicted molar refractivity (Wildman–Crippen MR) is 119 cm³/mol. The van der Waals surface area contributed by atoms with Crippen LogP contribution in [0.3, 0.4) is 0 Å². The van der Waals surface area contributed by atoms with Gasteiger partial charge in [-0.2, -0.15) is 0 Å². The number of rotatable bonds is 21. The van der Waals surface area contributed by atoms with Crippen molar-refractivity contribution in [1.29, 1.82) is 0 Å². The van der Waals surface area contributed by atoms with Gasteiger partial charge in [0.05, 0.1) is 0 Å². The molecule has 0 spiro atoms. The van der Waals surface area contributed by atoms with Crippen LogP contribution in [0.2, 0.25) is 6.55 Å². The third kappa shape index (κ3) is 17.3. The van der Waals surface area contributed by atoms with Gasteiger partial charge in [-0.05, 0) is 25.1 Å². The summed E-state index contributed by atoms with van der Waals surface area (Å²) in [4.78, 5) is 0. The summed E-state index contributed by atoms with van der Waals surface area (Å²) in [6, 6.07) is 0. The van der Waals surface area contributed by atoms with E-state index < -0.39 is 8.56 Å². The maximum atomic E-state index is 6.09. The molecule has 0 aromatic rings. The van der Waals surface area contributed by atoms with Crippen LogP contribution in [-0.4, -0.2) is 21.8 Å². The van der Waals surface area contributed by atoms with Gasteiger partial charge in [0, 0.05) is 13.2 Å². The van der Waals surface area contributed by atoms with Gasteiger partial charge in [-0.15, -0.1) is 6.58 Å². The molecule has 0 saturated carbocycles. The van der Waals surface area contributed by atoms with Crippen LogP contribution in [0.5, 0.6) is 0 Å². The Labute approximate surface area is 166 Å². The van der Waals surface area contributed by atoms with Gasteiger partial charge in [-0.25, -0.2) is 0 Å². The van der Waals surface area contributed by atoms with Gasteiger partial charge in [-0.3, -0.25) is 0 Å². The highest BCUT2D eigenvalue weighted by Crippen LogP contribution is 2.14. The second-order valence-electron chi connectivity index (χ2n) is 7.87. The number of hydrogen-bond donors (Lipinski definition) is 0. The van der Waals surface area contributed by atoms with Crippen molar-refractivity contribution >= 4 is 8.56 Å². The molecule has 0 radical (unpaired) electrons. The van der Waals surface area contributed by atoms with Crippen molar-refractivity contribution in [3.63, 3.8) is 0 Å². The minimum Gasteiger partial charge on any atom is -0.391 e. The number of hydrogen-bond acceptors (Lipinski definition) is 2. The van der Waals surface area contributed by atoms with E-state index in [4.69, 9.17) is 8.85 Å². The summed E-state index contributed by atoms with van der Waals surface area (Å²) in [6.45, 7) is 12.3. The Morgan fingerprint density at radius 1 is 0.577 bits per heavy atom. The highest BCUT2D eigenvalue weighted by atomic mass is 28.4. The molecule has 0 heterocycles. The molecule has 1 atom stereocenters. The van der Waals surface area contributed by atoms with Crippen molar-refractivity contribution in [2.75, 3.05) is 13.2 Å². The van der Waals surface area contributed by atoms with Crippen LogP contribution in [0.4, 0.5) is 0 Å². The van der Waals surface area contributed by atoms with Crippen molar-refractivity contribution in [2.24, 2.45) is 0 Å². The first kappa shape index (κ1) is 25.9. The monoisotopic (exact) mass is 384 g/mol. The minimum absolute atomic E-state index is 0.830. The molecule has 26 heavy (non-hydrogen) atoms. The second-order valence-corrected chi connectivity index (χ2v) is 10.9. The lowest BCUT2D eigenvalue weighted by Crippen LogP contribution is -2.37. The van der Waals surface area contributed by atoms with E-state index in [-0.39, 0.29) is 0 Å². The third-order valence-corrected chi connectivity index (χ3v) is 7.44. The maximum absolute atomic E-state index is 6.09. The Hall–Kier alpha value is -0.123. The van der Waals surface area contributed by atoms with E-state index in [1.54, 1.807) is 0 Å². The van der Waals surface area contributed by atoms with Crippen LogP contribution in [-0.2, 0) is 8.85 Å². The molecule has 2 nitrogen and oxygen atoms in total. The first-order valence-corrected chi connectivity index (χ1v) is 14.0. The van der Waals surface area contributed by atoms with Crippen LogP contribution in [0.25, 0.3) is 0 Å². The molecule has 0 bridgehead atoms. The fourth-order valence-electron chi connectivity index (χ4n) is 3.18. The van der Waals surface area contributed by atoms with E-state index >= 15 is 0 Å². The van der Waals surface area contributed by atoms with Crippen molar-refractivity contribution < 1.29 is 8.85 Å². The first-order valence-electron chi connectivity index (χ1n) is 11.6. The molecule has 0 aromatic heterocycles. The normalized spacial score (nSPS) is 13.7. The summed E-state index contributed by atoms with van der Waals surface area (Å²) in [5, 5.41) is 0. The second kappa shape index (κ2) is 19.6. The van der Waals surface area contributed by atoms with Crippen LogP contribution in [0, 0.1) is 0 Å². The first-order chi connectivity index (χ1) is 12.7. The molecule has 0 aliphatic heterocycles. The van der Waals surface area contributed by atoms with Crippen molar-refractivity contribution in [1.82, 2.24) is 0 Å². The van der Waals surface area contributed by atoms with Gasteiger partial charge in [0.1, 0.15) is 0 Å². The molecule has 0 amide bonds. The summed E-state index contributed by atoms with van der Waals surface area (Å²) in [6.07, 6.45) is 21.5. The number of unbranched alkanes of at least 4 members (excludes halogenated alkanes) is 14. The summed E-state index contributed by atoms with van der Waals surface area (Å²) < 4.78 is 12.1. The fraction of sp³-hybridized carbons (Fsp3) is 0.913. The van der Waals surface area contributed by atoms with Crippen molar-refractivity contribution in [2.45, 2.75) is 123 Å². The summed E-state index contributed by atoms with van der Waals surface area (Å²) in [7, 11) is -2.13. The average molecular weight is 385 g/mol. The average Bonchev–Trinajstić information content (AvgIpc) is 2.65. The van der Waals surface area contributed by atoms with E-state index in [0.717, 1.165) is 26.1 Å². The minimum atomic E-state index is -2.13. The van der Waals surface area contributed by atoms with Gasteiger partial charge >= 0.3 is 8.56 Å². The molecule has 3 heteroatoms. The zero-order valence-electron chi connectivity index (χ0n) is 18.3. The standard InChI is InChI=1S/C23H48O2Si/c1-5-8-10-12-13-14-15-16-17-19-21-23-25-26(4,7-3)24-22-20-18-11-9-6-2/h7H,3,5-6,8-23H2,1-2,4H3. The Kier molecular flexibility index (Phi) is 19.5. The fourth-order valence-corrected chi connectivity index (χ4v) is 4.60. The lowest BCUT2D eigenvalue weighted by molar-refractivity contribution is 0.177. The Morgan fingerprint density at radius 2 is 0.885 bits per heavy atom. The topological polar surface area (TPSA) is 18.5 Å². The highest BCUT2D eigenvalue weighted by Gasteiger charge is 2.26. The van der Waals surface area contributed by atoms with Crippen LogP contribution >= 0.6 is 0 Å². The quantitative estimate of drug-likeness (QED) is 0.147. The molecule has 0 aromatic carbocycles. The van der Waals surface area contributed by atoms with Crippen molar-refractivity contribution in [3.8, 4) is 0 Å². The van der Waals surface area contributed by atoms with Gasteiger partial charge < -0.3 is 8.85 Å². The van der Waals surface area contributed by atoms with Gasteiger partial charge in [0.15, 0.2) is 0 Å². The summed E-state index contributed by atoms with van der Waals surface area (Å²) in [5.74, 6) is 0. The molecule has 0 fully saturated rings. The Morgan fingerprint density at radius 3 is 1.19 bits per heavy atom. The van der Waals surface area contributed by atoms with E-state index in [9.17, 15) is 0 Å². The zero-order valence-corrected chi connectivity index (χ0v) is 19.3. The molecule has 0 rings (SSSR count). The smallest absolute Gasteiger partial charge is 0.361 e. The van der Waals surface area contributed by atoms with Crippen LogP contribution in [0.1, 0.15) is 117 Å². The largest absolute Gasteiger partial charge is 0.391 e. The van der Waals surface area contributed by atoms with E-state index in [0.29, 0.717) is 0 Å². The van der Waals surface area contributed by atoms with Crippen molar-refractivity contribution in [3.05, 3.63) is 12.3 Å². The molecular formula is C23H48O2Si. The highest BCUT2D eigenvalue weighted by molar-refractivity contribution is 6.71. The van der Waals surface area contributed by atoms with E-state index in [1.165, 1.54) is 89.9 Å². The third-order valence-electron chi connectivity index (χ3n) is 5.14. The molecular weight excluding hydrogens is 336 g/mol. The summed E-state index contributed by atoms with van der Waals surface area (Å²) in [5.41, 5.74) is 1.94. The molecule has 0 aliphatic carbocycles. The van der Waals surface area contributed by atoms with E-state index in [1.807, 2.05) is 5.70 Å². The Balaban J connectivity index is 3.45. The molecule has 0 aliphatic rings. The Bertz CT molecular complexity index is 296. The van der Waals surface area contributed by atoms with Gasteiger partial charge in [0.25, 0.3) is 0 Å². The van der Waals surface area contributed by atoms with Crippen LogP contribution < -0.4 is 0 Å². The van der Waals surface area contributed by atoms with Gasteiger partial charge in [-0.1, -0.05) is 104 Å². The SMILES string of the molecule is C=C[Si](C)(OCCCCCCC)OCCCCCCCCCCCCC. The lowest BCUT2D eigenvalue weighted by atomic mass is 10.1. The molecule has 1 unspecified atom stereocenters. The molecule has 0 saturated heterocycles. The maximum Gasteiger partial charge on any atom is 0.361 e. The molecule has 0 N–H and O–H groups in total.